The minimum absolute atomic E-state index is 1.19. The van der Waals surface area contributed by atoms with Crippen LogP contribution < -0.4 is 0 Å². The van der Waals surface area contributed by atoms with Gasteiger partial charge in [-0.25, -0.2) is 5.26 Å². The van der Waals surface area contributed by atoms with Crippen molar-refractivity contribution in [1.82, 2.24) is 4.90 Å². The quantitative estimate of drug-likeness (QED) is 0.543. The van der Waals surface area contributed by atoms with Crippen molar-refractivity contribution in [3.8, 4) is 5.97 Å². The summed E-state index contributed by atoms with van der Waals surface area (Å²) >= 11 is 0. The van der Waals surface area contributed by atoms with Crippen molar-refractivity contribution in [2.24, 2.45) is 0 Å². The average molecular weight is 138 g/mol. The third-order valence-corrected chi connectivity index (χ3v) is 1.34. The standard InChI is InChI=1S/C6H15N.CBN/c1-4-7(5-2)6-3;2-1-3/h4-6H2,1-3H3;. The van der Waals surface area contributed by atoms with Gasteiger partial charge in [0.1, 0.15) is 0 Å². The molecule has 0 unspecified atom stereocenters. The van der Waals surface area contributed by atoms with E-state index in [0.717, 1.165) is 0 Å². The molecule has 56 valence electrons. The Bertz CT molecular complexity index is 78.6. The van der Waals surface area contributed by atoms with E-state index in [4.69, 9.17) is 5.26 Å². The summed E-state index contributed by atoms with van der Waals surface area (Å²) in [5.74, 6) is 1.25. The Morgan fingerprint density at radius 2 is 1.40 bits per heavy atom. The Kier molecular flexibility index (Phi) is 13.8. The van der Waals surface area contributed by atoms with E-state index in [1.165, 1.54) is 25.6 Å². The van der Waals surface area contributed by atoms with Crippen LogP contribution in [0.25, 0.3) is 0 Å². The second kappa shape index (κ2) is 11.3. The van der Waals surface area contributed by atoms with E-state index >= 15 is 0 Å². The molecule has 0 aromatic heterocycles. The maximum atomic E-state index is 7.10. The first kappa shape index (κ1) is 12.2. The molecule has 2 nitrogen and oxygen atoms in total. The molecule has 0 aliphatic rings. The summed E-state index contributed by atoms with van der Waals surface area (Å²) in [7, 11) is 4.15. The van der Waals surface area contributed by atoms with E-state index in [9.17, 15) is 0 Å². The summed E-state index contributed by atoms with van der Waals surface area (Å²) in [6.45, 7) is 10.1. The minimum Gasteiger partial charge on any atom is -0.304 e. The molecule has 0 amide bonds. The lowest BCUT2D eigenvalue weighted by Crippen LogP contribution is -2.21. The second-order valence-corrected chi connectivity index (χ2v) is 1.75. The smallest absolute Gasteiger partial charge is 0.229 e. The minimum atomic E-state index is 1.19. The first-order chi connectivity index (χ1) is 4.76. The molecule has 0 fully saturated rings. The van der Waals surface area contributed by atoms with Crippen LogP contribution >= 0.6 is 0 Å². The molecule has 3 heteroatoms. The second-order valence-electron chi connectivity index (χ2n) is 1.75. The summed E-state index contributed by atoms with van der Waals surface area (Å²) < 4.78 is 0. The van der Waals surface area contributed by atoms with E-state index in [0.29, 0.717) is 0 Å². The molecule has 0 aliphatic carbocycles. The molecular weight excluding hydrogens is 123 g/mol. The third kappa shape index (κ3) is 10.5. The molecule has 2 radical (unpaired) electrons. The predicted molar refractivity (Wildman–Crippen MR) is 44.8 cm³/mol. The van der Waals surface area contributed by atoms with Crippen molar-refractivity contribution in [3.05, 3.63) is 0 Å². The van der Waals surface area contributed by atoms with Crippen LogP contribution in [-0.4, -0.2) is 32.4 Å². The highest BCUT2D eigenvalue weighted by Crippen LogP contribution is 1.81. The Labute approximate surface area is 65.2 Å². The predicted octanol–water partition coefficient (Wildman–Crippen LogP) is 0.984. The van der Waals surface area contributed by atoms with Crippen molar-refractivity contribution >= 4 is 7.85 Å². The summed E-state index contributed by atoms with van der Waals surface area (Å²) in [6, 6.07) is 0. The Balaban J connectivity index is 0. The summed E-state index contributed by atoms with van der Waals surface area (Å²) in [4.78, 5) is 2.38. The highest BCUT2D eigenvalue weighted by atomic mass is 15.1. The molecule has 0 aromatic carbocycles. The van der Waals surface area contributed by atoms with Crippen molar-refractivity contribution < 1.29 is 0 Å². The van der Waals surface area contributed by atoms with Gasteiger partial charge in [-0.2, -0.15) is 0 Å². The van der Waals surface area contributed by atoms with Crippen molar-refractivity contribution in [1.29, 1.82) is 5.26 Å². The van der Waals surface area contributed by atoms with Crippen molar-refractivity contribution in [2.45, 2.75) is 20.8 Å². The molecular formula is C7H15BN2. The topological polar surface area (TPSA) is 27.0 Å². The van der Waals surface area contributed by atoms with Gasteiger partial charge in [0.15, 0.2) is 0 Å². The maximum absolute atomic E-state index is 7.10. The Hall–Kier alpha value is -0.485. The van der Waals surface area contributed by atoms with Gasteiger partial charge in [-0.3, -0.25) is 0 Å². The number of nitrogens with zero attached hydrogens (tertiary/aromatic N) is 2. The highest BCUT2D eigenvalue weighted by molar-refractivity contribution is 6.20. The fourth-order valence-electron chi connectivity index (χ4n) is 0.671. The maximum Gasteiger partial charge on any atom is 0.229 e. The summed E-state index contributed by atoms with van der Waals surface area (Å²) in [6.07, 6.45) is 0. The van der Waals surface area contributed by atoms with Gasteiger partial charge in [-0.1, -0.05) is 20.8 Å². The monoisotopic (exact) mass is 138 g/mol. The SMILES string of the molecule is CCN(CC)CC.[B]C#N. The van der Waals surface area contributed by atoms with Crippen LogP contribution in [0.4, 0.5) is 0 Å². The molecule has 0 aliphatic heterocycles. The lowest BCUT2D eigenvalue weighted by atomic mass is 10.2. The van der Waals surface area contributed by atoms with Gasteiger partial charge in [0.25, 0.3) is 0 Å². The van der Waals surface area contributed by atoms with E-state index < -0.39 is 0 Å². The van der Waals surface area contributed by atoms with Crippen LogP contribution in [0, 0.1) is 11.2 Å². The first-order valence-corrected chi connectivity index (χ1v) is 3.58. The molecule has 0 rings (SSSR count). The normalized spacial score (nSPS) is 7.90. The lowest BCUT2D eigenvalue weighted by Gasteiger charge is -2.13. The van der Waals surface area contributed by atoms with E-state index in [2.05, 4.69) is 33.5 Å². The van der Waals surface area contributed by atoms with Crippen molar-refractivity contribution in [3.63, 3.8) is 0 Å². The zero-order chi connectivity index (χ0) is 8.41. The zero-order valence-corrected chi connectivity index (χ0v) is 7.09. The molecule has 0 atom stereocenters. The van der Waals surface area contributed by atoms with Gasteiger partial charge in [0, 0.05) is 0 Å². The van der Waals surface area contributed by atoms with E-state index in [1.807, 2.05) is 0 Å². The van der Waals surface area contributed by atoms with Crippen LogP contribution in [0.5, 0.6) is 0 Å². The van der Waals surface area contributed by atoms with Crippen LogP contribution in [-0.2, 0) is 0 Å². The number of rotatable bonds is 3. The van der Waals surface area contributed by atoms with Gasteiger partial charge in [-0.15, -0.1) is 0 Å². The highest BCUT2D eigenvalue weighted by Gasteiger charge is 1.89. The van der Waals surface area contributed by atoms with Gasteiger partial charge in [0.05, 0.1) is 0 Å². The van der Waals surface area contributed by atoms with Gasteiger partial charge < -0.3 is 4.90 Å². The van der Waals surface area contributed by atoms with E-state index in [1.54, 1.807) is 0 Å². The first-order valence-electron chi connectivity index (χ1n) is 3.58. The zero-order valence-electron chi connectivity index (χ0n) is 7.09. The Morgan fingerprint density at radius 3 is 1.40 bits per heavy atom. The number of hydrogen-bond acceptors (Lipinski definition) is 2. The molecule has 0 bridgehead atoms. The molecule has 0 aromatic rings. The Morgan fingerprint density at radius 1 is 1.20 bits per heavy atom. The molecule has 0 N–H and O–H groups in total. The molecule has 0 heterocycles. The van der Waals surface area contributed by atoms with Gasteiger partial charge >= 0.3 is 0 Å². The molecule has 0 saturated carbocycles. The molecule has 0 saturated heterocycles. The average Bonchev–Trinajstić information content (AvgIpc) is 1.93. The van der Waals surface area contributed by atoms with Crippen molar-refractivity contribution in [2.75, 3.05) is 19.6 Å². The van der Waals surface area contributed by atoms with Crippen LogP contribution in [0.15, 0.2) is 0 Å². The van der Waals surface area contributed by atoms with Crippen LogP contribution in [0.2, 0.25) is 0 Å². The number of hydrogen-bond donors (Lipinski definition) is 0. The van der Waals surface area contributed by atoms with Crippen LogP contribution in [0.1, 0.15) is 20.8 Å². The van der Waals surface area contributed by atoms with Gasteiger partial charge in [-0.05, 0) is 25.6 Å². The fraction of sp³-hybridized carbons (Fsp3) is 0.857. The van der Waals surface area contributed by atoms with E-state index in [-0.39, 0.29) is 0 Å². The summed E-state index contributed by atoms with van der Waals surface area (Å²) in [5.41, 5.74) is 0. The van der Waals surface area contributed by atoms with Crippen LogP contribution in [0.3, 0.4) is 0 Å². The molecule has 0 spiro atoms. The largest absolute Gasteiger partial charge is 0.304 e. The van der Waals surface area contributed by atoms with Gasteiger partial charge in [0.2, 0.25) is 7.85 Å². The third-order valence-electron chi connectivity index (χ3n) is 1.34. The summed E-state index contributed by atoms with van der Waals surface area (Å²) in [5, 5.41) is 7.10. The molecule has 10 heavy (non-hydrogen) atoms. The lowest BCUT2D eigenvalue weighted by molar-refractivity contribution is 0.321. The fourth-order valence-corrected chi connectivity index (χ4v) is 0.671. The number of nitriles is 1.